The largest absolute Gasteiger partial charge is 0.374 e. The van der Waals surface area contributed by atoms with Crippen molar-refractivity contribution in [1.29, 1.82) is 0 Å². The Balaban J connectivity index is 1.44. The molecule has 2 amide bonds. The number of rotatable bonds is 7. The Morgan fingerprint density at radius 2 is 1.70 bits per heavy atom. The summed E-state index contributed by atoms with van der Waals surface area (Å²) in [6.45, 7) is 7.48. The summed E-state index contributed by atoms with van der Waals surface area (Å²) >= 11 is 0. The Morgan fingerprint density at radius 1 is 1.07 bits per heavy atom. The maximum Gasteiger partial charge on any atom is 0.279 e. The predicted molar refractivity (Wildman–Crippen MR) is 113 cm³/mol. The maximum absolute atomic E-state index is 12.9. The first-order valence-electron chi connectivity index (χ1n) is 10.3. The molecule has 3 rings (SSSR count). The van der Waals surface area contributed by atoms with E-state index in [0.29, 0.717) is 50.6 Å². The number of carbonyl (C=O) groups is 2. The standard InChI is InChI=1S/C23H28FN3O3/c1-17(2)30-16-18-3-5-19(6-4-18)23(29)27-13-11-26(12-14-27)15-22(28)25-21-9-7-20(24)8-10-21/h3-10,17H,11-16H2,1-2H3,(H,25,28)/p+1. The number of hydrogen-bond donors (Lipinski definition) is 2. The first-order valence-corrected chi connectivity index (χ1v) is 10.3. The number of amides is 2. The Bertz CT molecular complexity index is 845. The summed E-state index contributed by atoms with van der Waals surface area (Å²) < 4.78 is 18.5. The van der Waals surface area contributed by atoms with Crippen molar-refractivity contribution in [2.75, 3.05) is 38.0 Å². The minimum Gasteiger partial charge on any atom is -0.374 e. The quantitative estimate of drug-likeness (QED) is 0.725. The summed E-state index contributed by atoms with van der Waals surface area (Å²) in [5.41, 5.74) is 2.29. The van der Waals surface area contributed by atoms with E-state index in [0.717, 1.165) is 10.5 Å². The van der Waals surface area contributed by atoms with Crippen LogP contribution >= 0.6 is 0 Å². The lowest BCUT2D eigenvalue weighted by molar-refractivity contribution is -0.895. The number of anilines is 1. The molecule has 1 saturated heterocycles. The van der Waals surface area contributed by atoms with Crippen molar-refractivity contribution in [2.24, 2.45) is 0 Å². The number of nitrogens with zero attached hydrogens (tertiary/aromatic N) is 1. The van der Waals surface area contributed by atoms with Crippen LogP contribution in [0, 0.1) is 5.82 Å². The van der Waals surface area contributed by atoms with Gasteiger partial charge >= 0.3 is 0 Å². The third-order valence-electron chi connectivity index (χ3n) is 5.08. The van der Waals surface area contributed by atoms with Gasteiger partial charge in [-0.2, -0.15) is 0 Å². The molecule has 1 aliphatic heterocycles. The predicted octanol–water partition coefficient (Wildman–Crippen LogP) is 1.73. The Kier molecular flexibility index (Phi) is 7.54. The average molecular weight is 415 g/mol. The van der Waals surface area contributed by atoms with Gasteiger partial charge in [-0.05, 0) is 55.8 Å². The molecule has 0 radical (unpaired) electrons. The van der Waals surface area contributed by atoms with E-state index in [4.69, 9.17) is 4.74 Å². The normalized spacial score (nSPS) is 14.7. The van der Waals surface area contributed by atoms with Gasteiger partial charge in [-0.1, -0.05) is 12.1 Å². The van der Waals surface area contributed by atoms with E-state index in [1.54, 1.807) is 12.1 Å². The topological polar surface area (TPSA) is 63.1 Å². The summed E-state index contributed by atoms with van der Waals surface area (Å²) in [6.07, 6.45) is 0.169. The summed E-state index contributed by atoms with van der Waals surface area (Å²) in [4.78, 5) is 27.9. The zero-order chi connectivity index (χ0) is 21.5. The van der Waals surface area contributed by atoms with Crippen molar-refractivity contribution in [1.82, 2.24) is 4.90 Å². The van der Waals surface area contributed by atoms with Crippen molar-refractivity contribution in [3.63, 3.8) is 0 Å². The van der Waals surface area contributed by atoms with Crippen molar-refractivity contribution < 1.29 is 23.6 Å². The van der Waals surface area contributed by atoms with Crippen LogP contribution in [0.25, 0.3) is 0 Å². The number of halogens is 1. The minimum atomic E-state index is -0.335. The second-order valence-corrected chi connectivity index (χ2v) is 7.83. The van der Waals surface area contributed by atoms with Gasteiger partial charge in [0.2, 0.25) is 0 Å². The molecule has 0 aromatic heterocycles. The highest BCUT2D eigenvalue weighted by molar-refractivity contribution is 5.94. The fraction of sp³-hybridized carbons (Fsp3) is 0.391. The second kappa shape index (κ2) is 10.3. The SMILES string of the molecule is CC(C)OCc1ccc(C(=O)N2CC[NH+](CC(=O)Nc3ccc(F)cc3)CC2)cc1. The maximum atomic E-state index is 12.9. The minimum absolute atomic E-state index is 0.0149. The van der Waals surface area contributed by atoms with E-state index < -0.39 is 0 Å². The molecular weight excluding hydrogens is 385 g/mol. The van der Waals surface area contributed by atoms with Crippen LogP contribution in [0.3, 0.4) is 0 Å². The van der Waals surface area contributed by atoms with Gasteiger partial charge in [0.05, 0.1) is 38.9 Å². The van der Waals surface area contributed by atoms with Crippen LogP contribution in [-0.2, 0) is 16.1 Å². The van der Waals surface area contributed by atoms with Crippen LogP contribution in [0.1, 0.15) is 29.8 Å². The molecule has 1 fully saturated rings. The number of quaternary nitrogens is 1. The second-order valence-electron chi connectivity index (χ2n) is 7.83. The lowest BCUT2D eigenvalue weighted by atomic mass is 10.1. The molecule has 1 heterocycles. The number of ether oxygens (including phenoxy) is 1. The molecule has 2 N–H and O–H groups in total. The monoisotopic (exact) mass is 414 g/mol. The van der Waals surface area contributed by atoms with Crippen LogP contribution < -0.4 is 10.2 Å². The lowest BCUT2D eigenvalue weighted by Gasteiger charge is -2.32. The van der Waals surface area contributed by atoms with Crippen LogP contribution in [0.5, 0.6) is 0 Å². The molecule has 0 unspecified atom stereocenters. The van der Waals surface area contributed by atoms with Crippen molar-refractivity contribution >= 4 is 17.5 Å². The average Bonchev–Trinajstić information content (AvgIpc) is 2.74. The molecular formula is C23H29FN3O3+. The van der Waals surface area contributed by atoms with Gasteiger partial charge < -0.3 is 19.9 Å². The number of nitrogens with one attached hydrogen (secondary N) is 2. The first kappa shape index (κ1) is 21.9. The van der Waals surface area contributed by atoms with Crippen molar-refractivity contribution in [2.45, 2.75) is 26.6 Å². The smallest absolute Gasteiger partial charge is 0.279 e. The summed E-state index contributed by atoms with van der Waals surface area (Å²) in [7, 11) is 0. The van der Waals surface area contributed by atoms with E-state index >= 15 is 0 Å². The van der Waals surface area contributed by atoms with Gasteiger partial charge in [0.1, 0.15) is 5.82 Å². The lowest BCUT2D eigenvalue weighted by Crippen LogP contribution is -3.15. The highest BCUT2D eigenvalue weighted by Gasteiger charge is 2.26. The Hall–Kier alpha value is -2.77. The van der Waals surface area contributed by atoms with Gasteiger partial charge in [0, 0.05) is 11.3 Å². The first-order chi connectivity index (χ1) is 14.4. The molecule has 2 aromatic carbocycles. The Morgan fingerprint density at radius 3 is 2.30 bits per heavy atom. The Labute approximate surface area is 176 Å². The van der Waals surface area contributed by atoms with E-state index in [1.165, 1.54) is 12.1 Å². The third-order valence-corrected chi connectivity index (χ3v) is 5.08. The molecule has 6 nitrogen and oxygen atoms in total. The fourth-order valence-corrected chi connectivity index (χ4v) is 3.36. The molecule has 0 bridgehead atoms. The molecule has 7 heteroatoms. The van der Waals surface area contributed by atoms with Crippen LogP contribution in [-0.4, -0.2) is 55.5 Å². The fourth-order valence-electron chi connectivity index (χ4n) is 3.36. The van der Waals surface area contributed by atoms with Gasteiger partial charge in [-0.25, -0.2) is 4.39 Å². The van der Waals surface area contributed by atoms with Gasteiger partial charge in [0.15, 0.2) is 6.54 Å². The highest BCUT2D eigenvalue weighted by Crippen LogP contribution is 2.10. The van der Waals surface area contributed by atoms with Gasteiger partial charge in [-0.3, -0.25) is 9.59 Å². The van der Waals surface area contributed by atoms with Gasteiger partial charge in [-0.15, -0.1) is 0 Å². The van der Waals surface area contributed by atoms with Crippen molar-refractivity contribution in [3.8, 4) is 0 Å². The van der Waals surface area contributed by atoms with E-state index in [9.17, 15) is 14.0 Å². The number of carbonyl (C=O) groups excluding carboxylic acids is 2. The number of hydrogen-bond acceptors (Lipinski definition) is 3. The third kappa shape index (κ3) is 6.37. The van der Waals surface area contributed by atoms with E-state index in [1.807, 2.05) is 43.0 Å². The van der Waals surface area contributed by atoms with Crippen LogP contribution in [0.15, 0.2) is 48.5 Å². The summed E-state index contributed by atoms with van der Waals surface area (Å²) in [6, 6.07) is 13.3. The van der Waals surface area contributed by atoms with Crippen molar-refractivity contribution in [3.05, 3.63) is 65.5 Å². The van der Waals surface area contributed by atoms with Crippen LogP contribution in [0.4, 0.5) is 10.1 Å². The molecule has 0 spiro atoms. The molecule has 0 atom stereocenters. The molecule has 2 aromatic rings. The van der Waals surface area contributed by atoms with Crippen LogP contribution in [0.2, 0.25) is 0 Å². The number of piperazine rings is 1. The molecule has 160 valence electrons. The number of benzene rings is 2. The zero-order valence-corrected chi connectivity index (χ0v) is 17.5. The molecule has 0 saturated carbocycles. The highest BCUT2D eigenvalue weighted by atomic mass is 19.1. The summed E-state index contributed by atoms with van der Waals surface area (Å²) in [5.74, 6) is -0.435. The molecule has 30 heavy (non-hydrogen) atoms. The molecule has 1 aliphatic rings. The van der Waals surface area contributed by atoms with Gasteiger partial charge in [0.25, 0.3) is 11.8 Å². The molecule has 0 aliphatic carbocycles. The zero-order valence-electron chi connectivity index (χ0n) is 17.5. The summed E-state index contributed by atoms with van der Waals surface area (Å²) in [5, 5.41) is 2.78. The van der Waals surface area contributed by atoms with E-state index in [2.05, 4.69) is 5.32 Å². The van der Waals surface area contributed by atoms with E-state index in [-0.39, 0.29) is 23.7 Å².